The van der Waals surface area contributed by atoms with Crippen LogP contribution in [0.3, 0.4) is 0 Å². The number of ether oxygens (including phenoxy) is 1. The Kier molecular flexibility index (Phi) is 5.28. The van der Waals surface area contributed by atoms with Crippen molar-refractivity contribution in [2.45, 2.75) is 6.92 Å². The third-order valence-corrected chi connectivity index (χ3v) is 4.36. The van der Waals surface area contributed by atoms with E-state index in [0.717, 1.165) is 21.9 Å². The molecule has 3 aromatic rings. The van der Waals surface area contributed by atoms with E-state index in [1.54, 1.807) is 18.2 Å². The molecule has 0 fully saturated rings. The predicted molar refractivity (Wildman–Crippen MR) is 105 cm³/mol. The van der Waals surface area contributed by atoms with E-state index in [1.807, 2.05) is 49.4 Å². The van der Waals surface area contributed by atoms with Gasteiger partial charge in [-0.25, -0.2) is 0 Å². The summed E-state index contributed by atoms with van der Waals surface area (Å²) in [4.78, 5) is 0. The molecule has 0 saturated carbocycles. The van der Waals surface area contributed by atoms with Crippen molar-refractivity contribution in [2.75, 3.05) is 6.61 Å². The molecule has 0 heterocycles. The molecule has 0 N–H and O–H groups in total. The van der Waals surface area contributed by atoms with Crippen LogP contribution < -0.4 is 4.74 Å². The Labute approximate surface area is 156 Å². The lowest BCUT2D eigenvalue weighted by atomic mass is 10.00. The van der Waals surface area contributed by atoms with Crippen molar-refractivity contribution in [3.8, 4) is 11.8 Å². The van der Waals surface area contributed by atoms with Crippen molar-refractivity contribution >= 4 is 45.6 Å². The topological polar surface area (TPSA) is 33.0 Å². The van der Waals surface area contributed by atoms with Crippen molar-refractivity contribution in [1.82, 2.24) is 0 Å². The van der Waals surface area contributed by atoms with Crippen molar-refractivity contribution in [2.24, 2.45) is 0 Å². The maximum absolute atomic E-state index is 9.58. The first-order valence-corrected chi connectivity index (χ1v) is 8.60. The third kappa shape index (κ3) is 3.79. The average molecular weight is 368 g/mol. The summed E-state index contributed by atoms with van der Waals surface area (Å²) in [5.41, 5.74) is 2.15. The summed E-state index contributed by atoms with van der Waals surface area (Å²) in [6, 6.07) is 19.7. The van der Waals surface area contributed by atoms with Crippen LogP contribution in [0.4, 0.5) is 0 Å². The van der Waals surface area contributed by atoms with Crippen LogP contribution in [0.1, 0.15) is 18.1 Å². The highest BCUT2D eigenvalue weighted by Crippen LogP contribution is 2.35. The van der Waals surface area contributed by atoms with Gasteiger partial charge in [0.2, 0.25) is 0 Å². The minimum absolute atomic E-state index is 0.427. The first-order valence-electron chi connectivity index (χ1n) is 7.85. The molecule has 0 saturated heterocycles. The monoisotopic (exact) mass is 367 g/mol. The number of nitriles is 1. The van der Waals surface area contributed by atoms with Crippen LogP contribution in [0.2, 0.25) is 10.0 Å². The molecule has 2 nitrogen and oxygen atoms in total. The zero-order chi connectivity index (χ0) is 17.8. The molecule has 0 aromatic heterocycles. The Balaban J connectivity index is 2.04. The van der Waals surface area contributed by atoms with E-state index >= 15 is 0 Å². The molecular weight excluding hydrogens is 353 g/mol. The van der Waals surface area contributed by atoms with Gasteiger partial charge >= 0.3 is 0 Å². The number of hydrogen-bond acceptors (Lipinski definition) is 2. The molecule has 25 heavy (non-hydrogen) atoms. The van der Waals surface area contributed by atoms with E-state index in [0.29, 0.717) is 28.0 Å². The number of rotatable bonds is 4. The highest BCUT2D eigenvalue weighted by atomic mass is 35.5. The SMILES string of the molecule is CCOc1c(Cl)cc(/C=C(/C#N)c2ccc3ccccc3c2)cc1Cl. The zero-order valence-corrected chi connectivity index (χ0v) is 15.1. The van der Waals surface area contributed by atoms with Crippen LogP contribution in [0.15, 0.2) is 54.6 Å². The number of fused-ring (bicyclic) bond motifs is 1. The van der Waals surface area contributed by atoms with Crippen LogP contribution in [-0.4, -0.2) is 6.61 Å². The maximum atomic E-state index is 9.58. The smallest absolute Gasteiger partial charge is 0.156 e. The molecular formula is C21H15Cl2NO. The Morgan fingerprint density at radius 3 is 2.36 bits per heavy atom. The molecule has 0 spiro atoms. The van der Waals surface area contributed by atoms with Gasteiger partial charge in [0.25, 0.3) is 0 Å². The highest BCUT2D eigenvalue weighted by Gasteiger charge is 2.10. The van der Waals surface area contributed by atoms with Gasteiger partial charge in [-0.2, -0.15) is 5.26 Å². The van der Waals surface area contributed by atoms with Gasteiger partial charge in [0.15, 0.2) is 5.75 Å². The second kappa shape index (κ2) is 7.61. The van der Waals surface area contributed by atoms with Gasteiger partial charge in [-0.15, -0.1) is 0 Å². The largest absolute Gasteiger partial charge is 0.491 e. The van der Waals surface area contributed by atoms with E-state index < -0.39 is 0 Å². The summed E-state index contributed by atoms with van der Waals surface area (Å²) in [6.07, 6.45) is 1.78. The molecule has 0 radical (unpaired) electrons. The Morgan fingerprint density at radius 1 is 1.04 bits per heavy atom. The lowest BCUT2D eigenvalue weighted by Gasteiger charge is -2.09. The first kappa shape index (κ1) is 17.4. The molecule has 0 aliphatic rings. The minimum atomic E-state index is 0.427. The summed E-state index contributed by atoms with van der Waals surface area (Å²) in [5.74, 6) is 0.465. The van der Waals surface area contributed by atoms with Crippen LogP contribution in [-0.2, 0) is 0 Å². The summed E-state index contributed by atoms with van der Waals surface area (Å²) in [7, 11) is 0. The van der Waals surface area contributed by atoms with E-state index in [1.165, 1.54) is 0 Å². The standard InChI is InChI=1S/C21H15Cl2NO/c1-2-25-21-19(22)10-14(11-20(21)23)9-18(13-24)17-8-7-15-5-3-4-6-16(15)12-17/h3-12H,2H2,1H3/b18-9-. The quantitative estimate of drug-likeness (QED) is 0.383. The van der Waals surface area contributed by atoms with E-state index in [9.17, 15) is 5.26 Å². The van der Waals surface area contributed by atoms with Gasteiger partial charge in [0.1, 0.15) is 0 Å². The Morgan fingerprint density at radius 2 is 1.72 bits per heavy atom. The first-order chi connectivity index (χ1) is 12.1. The maximum Gasteiger partial charge on any atom is 0.156 e. The molecule has 0 aliphatic carbocycles. The number of benzene rings is 3. The van der Waals surface area contributed by atoms with Crippen molar-refractivity contribution in [3.05, 3.63) is 75.8 Å². The summed E-state index contributed by atoms with van der Waals surface area (Å²) in [5, 5.41) is 12.7. The van der Waals surface area contributed by atoms with Gasteiger partial charge in [-0.3, -0.25) is 0 Å². The lowest BCUT2D eigenvalue weighted by Crippen LogP contribution is -1.93. The van der Waals surface area contributed by atoms with Crippen molar-refractivity contribution in [3.63, 3.8) is 0 Å². The Bertz CT molecular complexity index is 979. The molecule has 4 heteroatoms. The molecule has 3 aromatic carbocycles. The summed E-state index contributed by atoms with van der Waals surface area (Å²) >= 11 is 12.5. The molecule has 0 aliphatic heterocycles. The number of hydrogen-bond donors (Lipinski definition) is 0. The second-order valence-electron chi connectivity index (χ2n) is 5.48. The van der Waals surface area contributed by atoms with Gasteiger partial charge < -0.3 is 4.74 Å². The van der Waals surface area contributed by atoms with Gasteiger partial charge in [-0.1, -0.05) is 59.6 Å². The average Bonchev–Trinajstić information content (AvgIpc) is 2.62. The van der Waals surface area contributed by atoms with Crippen LogP contribution in [0.25, 0.3) is 22.4 Å². The molecule has 0 amide bonds. The van der Waals surface area contributed by atoms with Crippen LogP contribution in [0.5, 0.6) is 5.75 Å². The fourth-order valence-corrected chi connectivity index (χ4v) is 3.26. The van der Waals surface area contributed by atoms with Gasteiger partial charge in [-0.05, 0) is 53.1 Å². The van der Waals surface area contributed by atoms with Crippen molar-refractivity contribution in [1.29, 1.82) is 5.26 Å². The third-order valence-electron chi connectivity index (χ3n) is 3.80. The molecule has 0 atom stereocenters. The number of allylic oxidation sites excluding steroid dienone is 1. The highest BCUT2D eigenvalue weighted by molar-refractivity contribution is 6.37. The molecule has 0 bridgehead atoms. The normalized spacial score (nSPS) is 11.4. The molecule has 0 unspecified atom stereocenters. The van der Waals surface area contributed by atoms with Gasteiger partial charge in [0.05, 0.1) is 28.3 Å². The van der Waals surface area contributed by atoms with E-state index in [4.69, 9.17) is 27.9 Å². The van der Waals surface area contributed by atoms with Gasteiger partial charge in [0, 0.05) is 0 Å². The number of nitrogens with zero attached hydrogens (tertiary/aromatic N) is 1. The second-order valence-corrected chi connectivity index (χ2v) is 6.29. The van der Waals surface area contributed by atoms with Crippen molar-refractivity contribution < 1.29 is 4.74 Å². The zero-order valence-electron chi connectivity index (χ0n) is 13.6. The van der Waals surface area contributed by atoms with E-state index in [2.05, 4.69) is 6.07 Å². The fourth-order valence-electron chi connectivity index (χ4n) is 2.65. The van der Waals surface area contributed by atoms with Crippen LogP contribution in [0, 0.1) is 11.3 Å². The molecule has 3 rings (SSSR count). The summed E-state index contributed by atoms with van der Waals surface area (Å²) in [6.45, 7) is 2.35. The Hall–Kier alpha value is -2.47. The summed E-state index contributed by atoms with van der Waals surface area (Å²) < 4.78 is 5.44. The fraction of sp³-hybridized carbons (Fsp3) is 0.0952. The minimum Gasteiger partial charge on any atom is -0.491 e. The van der Waals surface area contributed by atoms with Crippen LogP contribution >= 0.6 is 23.2 Å². The number of halogens is 2. The lowest BCUT2D eigenvalue weighted by molar-refractivity contribution is 0.340. The van der Waals surface area contributed by atoms with E-state index in [-0.39, 0.29) is 0 Å². The molecule has 124 valence electrons. The predicted octanol–water partition coefficient (Wildman–Crippen LogP) is 6.61.